The Morgan fingerprint density at radius 3 is 2.56 bits per heavy atom. The van der Waals surface area contributed by atoms with E-state index < -0.39 is 0 Å². The minimum atomic E-state index is -0.115. The molecule has 0 saturated carbocycles. The third kappa shape index (κ3) is 5.01. The molecule has 1 rings (SSSR count). The van der Waals surface area contributed by atoms with Gasteiger partial charge in [0.05, 0.1) is 12.0 Å². The molecule has 0 bridgehead atoms. The number of benzene rings is 1. The fourth-order valence-electron chi connectivity index (χ4n) is 1.72. The van der Waals surface area contributed by atoms with Crippen LogP contribution in [0.25, 0.3) is 0 Å². The molecule has 0 aliphatic carbocycles. The summed E-state index contributed by atoms with van der Waals surface area (Å²) in [7, 11) is 2.01. The van der Waals surface area contributed by atoms with Crippen LogP contribution in [0.15, 0.2) is 24.3 Å². The van der Waals surface area contributed by atoms with Gasteiger partial charge in [0.25, 0.3) is 0 Å². The van der Waals surface area contributed by atoms with Crippen molar-refractivity contribution in [2.45, 2.75) is 13.5 Å². The summed E-state index contributed by atoms with van der Waals surface area (Å²) in [6, 6.07) is 10.2. The van der Waals surface area contributed by atoms with Crippen LogP contribution in [0, 0.1) is 29.1 Å². The van der Waals surface area contributed by atoms with Crippen LogP contribution in [0.1, 0.15) is 18.1 Å². The lowest BCUT2D eigenvalue weighted by atomic mass is 10.1. The van der Waals surface area contributed by atoms with E-state index in [1.807, 2.05) is 38.2 Å². The Morgan fingerprint density at radius 1 is 1.33 bits per heavy atom. The van der Waals surface area contributed by atoms with Crippen LogP contribution >= 0.6 is 0 Å². The van der Waals surface area contributed by atoms with E-state index in [2.05, 4.69) is 22.8 Å². The SMILES string of the molecule is CC(C#N)CN(C)Cc1ccc(C#CCO)cc1. The molecular weight excluding hydrogens is 224 g/mol. The number of aliphatic hydroxyl groups excluding tert-OH is 1. The Morgan fingerprint density at radius 2 is 2.00 bits per heavy atom. The smallest absolute Gasteiger partial charge is 0.104 e. The summed E-state index contributed by atoms with van der Waals surface area (Å²) in [6.45, 7) is 3.39. The molecule has 0 spiro atoms. The van der Waals surface area contributed by atoms with Crippen LogP contribution in [-0.2, 0) is 6.54 Å². The molecule has 0 aromatic heterocycles. The van der Waals surface area contributed by atoms with Crippen molar-refractivity contribution in [2.24, 2.45) is 5.92 Å². The molecule has 94 valence electrons. The molecule has 3 heteroatoms. The minimum absolute atomic E-state index is 0.0460. The molecule has 1 N–H and O–H groups in total. The van der Waals surface area contributed by atoms with Crippen molar-refractivity contribution < 1.29 is 5.11 Å². The Hall–Kier alpha value is -1.81. The summed E-state index contributed by atoms with van der Waals surface area (Å²) in [4.78, 5) is 2.13. The highest BCUT2D eigenvalue weighted by Crippen LogP contribution is 2.07. The van der Waals surface area contributed by atoms with Crippen LogP contribution in [-0.4, -0.2) is 30.2 Å². The van der Waals surface area contributed by atoms with Crippen molar-refractivity contribution in [1.29, 1.82) is 5.26 Å². The molecular formula is C15H18N2O. The van der Waals surface area contributed by atoms with E-state index in [0.29, 0.717) is 0 Å². The second-order valence-corrected chi connectivity index (χ2v) is 4.38. The number of hydrogen-bond acceptors (Lipinski definition) is 3. The number of rotatable bonds is 4. The zero-order valence-electron chi connectivity index (χ0n) is 10.8. The first-order valence-electron chi connectivity index (χ1n) is 5.92. The molecule has 0 aliphatic heterocycles. The number of nitrogens with zero attached hydrogens (tertiary/aromatic N) is 2. The monoisotopic (exact) mass is 242 g/mol. The standard InChI is InChI=1S/C15H18N2O/c1-13(10-16)11-17(2)12-15-7-5-14(6-8-15)4-3-9-18/h5-8,13,18H,9,11-12H2,1-2H3. The highest BCUT2D eigenvalue weighted by Gasteiger charge is 2.05. The van der Waals surface area contributed by atoms with E-state index in [9.17, 15) is 0 Å². The summed E-state index contributed by atoms with van der Waals surface area (Å²) in [5.74, 6) is 5.52. The molecule has 0 heterocycles. The van der Waals surface area contributed by atoms with Gasteiger partial charge in [-0.15, -0.1) is 0 Å². The van der Waals surface area contributed by atoms with Crippen molar-refractivity contribution in [2.75, 3.05) is 20.2 Å². The van der Waals surface area contributed by atoms with Crippen LogP contribution in [0.3, 0.4) is 0 Å². The predicted molar refractivity (Wildman–Crippen MR) is 71.5 cm³/mol. The predicted octanol–water partition coefficient (Wildman–Crippen LogP) is 1.62. The summed E-state index contributed by atoms with van der Waals surface area (Å²) in [5, 5.41) is 17.4. The lowest BCUT2D eigenvalue weighted by Gasteiger charge is -2.17. The van der Waals surface area contributed by atoms with E-state index in [1.54, 1.807) is 0 Å². The maximum atomic E-state index is 8.76. The largest absolute Gasteiger partial charge is 0.384 e. The summed E-state index contributed by atoms with van der Waals surface area (Å²) >= 11 is 0. The van der Waals surface area contributed by atoms with E-state index in [4.69, 9.17) is 10.4 Å². The van der Waals surface area contributed by atoms with Gasteiger partial charge in [-0.1, -0.05) is 24.0 Å². The van der Waals surface area contributed by atoms with Gasteiger partial charge in [0, 0.05) is 18.7 Å². The highest BCUT2D eigenvalue weighted by atomic mass is 16.2. The average molecular weight is 242 g/mol. The molecule has 0 radical (unpaired) electrons. The third-order valence-corrected chi connectivity index (χ3v) is 2.52. The maximum Gasteiger partial charge on any atom is 0.104 e. The Balaban J connectivity index is 2.56. The Kier molecular flexibility index (Phi) is 5.94. The number of nitriles is 1. The van der Waals surface area contributed by atoms with Gasteiger partial charge in [0.1, 0.15) is 6.61 Å². The third-order valence-electron chi connectivity index (χ3n) is 2.52. The van der Waals surface area contributed by atoms with Gasteiger partial charge in [0.2, 0.25) is 0 Å². The molecule has 3 nitrogen and oxygen atoms in total. The molecule has 1 aromatic rings. The summed E-state index contributed by atoms with van der Waals surface area (Å²) < 4.78 is 0. The first kappa shape index (κ1) is 14.3. The average Bonchev–Trinajstić information content (AvgIpc) is 2.37. The second kappa shape index (κ2) is 7.50. The topological polar surface area (TPSA) is 47.3 Å². The highest BCUT2D eigenvalue weighted by molar-refractivity contribution is 5.36. The van der Waals surface area contributed by atoms with E-state index in [0.717, 1.165) is 18.7 Å². The van der Waals surface area contributed by atoms with Crippen LogP contribution in [0.4, 0.5) is 0 Å². The van der Waals surface area contributed by atoms with E-state index in [-0.39, 0.29) is 12.5 Å². The molecule has 0 aliphatic rings. The van der Waals surface area contributed by atoms with Gasteiger partial charge < -0.3 is 10.0 Å². The minimum Gasteiger partial charge on any atom is -0.384 e. The molecule has 0 amide bonds. The normalized spacial score (nSPS) is 11.5. The fraction of sp³-hybridized carbons (Fsp3) is 0.400. The van der Waals surface area contributed by atoms with E-state index in [1.165, 1.54) is 5.56 Å². The fourth-order valence-corrected chi connectivity index (χ4v) is 1.72. The van der Waals surface area contributed by atoms with Gasteiger partial charge in [-0.05, 0) is 31.7 Å². The van der Waals surface area contributed by atoms with Gasteiger partial charge >= 0.3 is 0 Å². The van der Waals surface area contributed by atoms with Crippen molar-refractivity contribution in [3.05, 3.63) is 35.4 Å². The van der Waals surface area contributed by atoms with Gasteiger partial charge in [-0.2, -0.15) is 5.26 Å². The van der Waals surface area contributed by atoms with Gasteiger partial charge in [-0.25, -0.2) is 0 Å². The Labute approximate surface area is 109 Å². The molecule has 1 unspecified atom stereocenters. The van der Waals surface area contributed by atoms with Crippen molar-refractivity contribution >= 4 is 0 Å². The van der Waals surface area contributed by atoms with Crippen molar-refractivity contribution in [1.82, 2.24) is 4.90 Å². The first-order chi connectivity index (χ1) is 8.65. The molecule has 18 heavy (non-hydrogen) atoms. The van der Waals surface area contributed by atoms with Crippen molar-refractivity contribution in [3.63, 3.8) is 0 Å². The van der Waals surface area contributed by atoms with Gasteiger partial charge in [-0.3, -0.25) is 0 Å². The molecule has 1 atom stereocenters. The van der Waals surface area contributed by atoms with Gasteiger partial charge in [0.15, 0.2) is 0 Å². The van der Waals surface area contributed by atoms with Crippen LogP contribution in [0.5, 0.6) is 0 Å². The second-order valence-electron chi connectivity index (χ2n) is 4.38. The summed E-state index contributed by atoms with van der Waals surface area (Å²) in [5.41, 5.74) is 2.10. The zero-order chi connectivity index (χ0) is 13.4. The number of hydrogen-bond donors (Lipinski definition) is 1. The molecule has 0 fully saturated rings. The molecule has 0 saturated heterocycles. The lowest BCUT2D eigenvalue weighted by molar-refractivity contribution is 0.303. The van der Waals surface area contributed by atoms with Crippen LogP contribution < -0.4 is 0 Å². The maximum absolute atomic E-state index is 8.76. The lowest BCUT2D eigenvalue weighted by Crippen LogP contribution is -2.23. The summed E-state index contributed by atoms with van der Waals surface area (Å²) in [6.07, 6.45) is 0. The zero-order valence-corrected chi connectivity index (χ0v) is 10.8. The quantitative estimate of drug-likeness (QED) is 0.816. The van der Waals surface area contributed by atoms with E-state index >= 15 is 0 Å². The van der Waals surface area contributed by atoms with Crippen molar-refractivity contribution in [3.8, 4) is 17.9 Å². The van der Waals surface area contributed by atoms with Crippen LogP contribution in [0.2, 0.25) is 0 Å². The first-order valence-corrected chi connectivity index (χ1v) is 5.92. The Bertz CT molecular complexity index is 462. The number of aliphatic hydroxyl groups is 1. The molecule has 1 aromatic carbocycles.